The Bertz CT molecular complexity index is 985. The van der Waals surface area contributed by atoms with E-state index in [9.17, 15) is 0 Å². The number of para-hydroxylation sites is 1. The van der Waals surface area contributed by atoms with Crippen molar-refractivity contribution in [3.63, 3.8) is 0 Å². The Balaban J connectivity index is 1.40. The van der Waals surface area contributed by atoms with E-state index >= 15 is 0 Å². The van der Waals surface area contributed by atoms with Gasteiger partial charge in [0.2, 0.25) is 6.79 Å². The summed E-state index contributed by atoms with van der Waals surface area (Å²) >= 11 is 0. The summed E-state index contributed by atoms with van der Waals surface area (Å²) in [6.07, 6.45) is 4.52. The Hall–Kier alpha value is -2.94. The van der Waals surface area contributed by atoms with E-state index in [-0.39, 0.29) is 0 Å². The Morgan fingerprint density at radius 2 is 1.72 bits per heavy atom. The van der Waals surface area contributed by atoms with Crippen LogP contribution in [0.1, 0.15) is 42.5 Å². The van der Waals surface area contributed by atoms with Crippen LogP contribution in [-0.2, 0) is 12.8 Å². The average Bonchev–Trinajstić information content (AvgIpc) is 3.25. The fraction of sp³-hybridized carbons (Fsp3) is 0.308. The number of benzene rings is 3. The van der Waals surface area contributed by atoms with Crippen LogP contribution in [0, 0.1) is 0 Å². The maximum atomic E-state index is 5.56. The Morgan fingerprint density at radius 1 is 0.931 bits per heavy atom. The van der Waals surface area contributed by atoms with E-state index in [1.54, 1.807) is 0 Å². The standard InChI is InChI=1S/C26H27NO2/c1-19(21-7-3-2-4-8-21)27-23(15-13-22-9-5-6-10-24(22)27)14-11-20-12-16-25-26(17-20)29-18-28-25/h2-10,12,16-17,19,23H,11,13-15,18H2,1H3/t19-,23-/m1/s1. The van der Waals surface area contributed by atoms with Gasteiger partial charge in [-0.15, -0.1) is 0 Å². The van der Waals surface area contributed by atoms with Crippen LogP contribution in [-0.4, -0.2) is 12.8 Å². The molecule has 0 amide bonds. The third kappa shape index (κ3) is 3.57. The second-order valence-electron chi connectivity index (χ2n) is 8.04. The van der Waals surface area contributed by atoms with Crippen LogP contribution in [0.4, 0.5) is 5.69 Å². The van der Waals surface area contributed by atoms with E-state index in [0.717, 1.165) is 30.8 Å². The van der Waals surface area contributed by atoms with Crippen LogP contribution in [0.2, 0.25) is 0 Å². The first-order valence-electron chi connectivity index (χ1n) is 10.6. The molecule has 0 radical (unpaired) electrons. The lowest BCUT2D eigenvalue weighted by atomic mass is 9.89. The largest absolute Gasteiger partial charge is 0.454 e. The van der Waals surface area contributed by atoms with Crippen LogP contribution in [0.25, 0.3) is 0 Å². The van der Waals surface area contributed by atoms with E-state index in [1.807, 2.05) is 6.07 Å². The molecule has 0 aromatic heterocycles. The highest BCUT2D eigenvalue weighted by Gasteiger charge is 2.30. The maximum absolute atomic E-state index is 5.56. The van der Waals surface area contributed by atoms with Crippen molar-refractivity contribution in [2.24, 2.45) is 0 Å². The van der Waals surface area contributed by atoms with Crippen molar-refractivity contribution in [2.75, 3.05) is 11.7 Å². The van der Waals surface area contributed by atoms with Gasteiger partial charge in [-0.1, -0.05) is 54.6 Å². The predicted molar refractivity (Wildman–Crippen MR) is 117 cm³/mol. The minimum Gasteiger partial charge on any atom is -0.454 e. The molecule has 0 saturated carbocycles. The Morgan fingerprint density at radius 3 is 2.62 bits per heavy atom. The summed E-state index contributed by atoms with van der Waals surface area (Å²) in [7, 11) is 0. The fourth-order valence-electron chi connectivity index (χ4n) is 4.76. The lowest BCUT2D eigenvalue weighted by Crippen LogP contribution is -2.41. The summed E-state index contributed by atoms with van der Waals surface area (Å²) in [6, 6.07) is 27.0. The summed E-state index contributed by atoms with van der Waals surface area (Å²) in [5, 5.41) is 0. The second kappa shape index (κ2) is 7.82. The Labute approximate surface area is 172 Å². The molecule has 5 rings (SSSR count). The molecule has 3 aromatic carbocycles. The number of fused-ring (bicyclic) bond motifs is 2. The molecule has 0 N–H and O–H groups in total. The van der Waals surface area contributed by atoms with Gasteiger partial charge in [0.15, 0.2) is 11.5 Å². The first-order chi connectivity index (χ1) is 14.3. The van der Waals surface area contributed by atoms with E-state index in [0.29, 0.717) is 18.9 Å². The van der Waals surface area contributed by atoms with Crippen molar-refractivity contribution in [1.82, 2.24) is 0 Å². The molecule has 3 aromatic rings. The molecule has 3 heteroatoms. The summed E-state index contributed by atoms with van der Waals surface area (Å²) in [5.41, 5.74) is 5.55. The molecule has 2 aliphatic heterocycles. The lowest BCUT2D eigenvalue weighted by molar-refractivity contribution is 0.174. The highest BCUT2D eigenvalue weighted by Crippen LogP contribution is 2.39. The molecule has 0 unspecified atom stereocenters. The monoisotopic (exact) mass is 385 g/mol. The molecule has 2 aliphatic rings. The lowest BCUT2D eigenvalue weighted by Gasteiger charge is -2.43. The smallest absolute Gasteiger partial charge is 0.231 e. The quantitative estimate of drug-likeness (QED) is 0.543. The molecular formula is C26H27NO2. The molecular weight excluding hydrogens is 358 g/mol. The molecule has 0 spiro atoms. The van der Waals surface area contributed by atoms with Gasteiger partial charge in [0.05, 0.1) is 6.04 Å². The predicted octanol–water partition coefficient (Wildman–Crippen LogP) is 5.93. The minimum atomic E-state index is 0.334. The third-order valence-electron chi connectivity index (χ3n) is 6.31. The van der Waals surface area contributed by atoms with Crippen LogP contribution in [0.5, 0.6) is 11.5 Å². The van der Waals surface area contributed by atoms with Gasteiger partial charge in [-0.05, 0) is 67.5 Å². The molecule has 29 heavy (non-hydrogen) atoms. The molecule has 3 nitrogen and oxygen atoms in total. The van der Waals surface area contributed by atoms with Crippen molar-refractivity contribution in [3.8, 4) is 11.5 Å². The normalized spacial score (nSPS) is 18.4. The zero-order chi connectivity index (χ0) is 19.6. The van der Waals surface area contributed by atoms with Crippen LogP contribution >= 0.6 is 0 Å². The van der Waals surface area contributed by atoms with Gasteiger partial charge in [0.25, 0.3) is 0 Å². The molecule has 0 saturated heterocycles. The maximum Gasteiger partial charge on any atom is 0.231 e. The number of hydrogen-bond donors (Lipinski definition) is 0. The fourth-order valence-corrected chi connectivity index (χ4v) is 4.76. The number of anilines is 1. The first kappa shape index (κ1) is 18.1. The number of aryl methyl sites for hydroxylation is 2. The van der Waals surface area contributed by atoms with Gasteiger partial charge in [-0.3, -0.25) is 0 Å². The second-order valence-corrected chi connectivity index (χ2v) is 8.04. The average molecular weight is 386 g/mol. The van der Waals surface area contributed by atoms with Gasteiger partial charge in [-0.25, -0.2) is 0 Å². The summed E-state index contributed by atoms with van der Waals surface area (Å²) in [4.78, 5) is 2.65. The van der Waals surface area contributed by atoms with Crippen LogP contribution < -0.4 is 14.4 Å². The summed E-state index contributed by atoms with van der Waals surface area (Å²) in [6.45, 7) is 2.67. The molecule has 148 valence electrons. The zero-order valence-electron chi connectivity index (χ0n) is 16.9. The molecule has 2 atom stereocenters. The highest BCUT2D eigenvalue weighted by molar-refractivity contribution is 5.58. The zero-order valence-corrected chi connectivity index (χ0v) is 16.9. The molecule has 0 aliphatic carbocycles. The van der Waals surface area contributed by atoms with Crippen molar-refractivity contribution in [2.45, 2.75) is 44.7 Å². The Kier molecular flexibility index (Phi) is 4.89. The topological polar surface area (TPSA) is 21.7 Å². The highest BCUT2D eigenvalue weighted by atomic mass is 16.7. The summed E-state index contributed by atoms with van der Waals surface area (Å²) < 4.78 is 11.0. The molecule has 2 heterocycles. The SMILES string of the molecule is C[C@H](c1ccccc1)N1c2ccccc2CC[C@H]1CCc1ccc2c(c1)OCO2. The van der Waals surface area contributed by atoms with Gasteiger partial charge in [0.1, 0.15) is 0 Å². The van der Waals surface area contributed by atoms with Crippen LogP contribution in [0.15, 0.2) is 72.8 Å². The van der Waals surface area contributed by atoms with E-state index < -0.39 is 0 Å². The number of hydrogen-bond acceptors (Lipinski definition) is 3. The minimum absolute atomic E-state index is 0.334. The first-order valence-corrected chi connectivity index (χ1v) is 10.6. The van der Waals surface area contributed by atoms with Gasteiger partial charge < -0.3 is 14.4 Å². The molecule has 0 bridgehead atoms. The van der Waals surface area contributed by atoms with Gasteiger partial charge >= 0.3 is 0 Å². The van der Waals surface area contributed by atoms with Gasteiger partial charge in [0, 0.05) is 11.7 Å². The van der Waals surface area contributed by atoms with Crippen molar-refractivity contribution < 1.29 is 9.47 Å². The van der Waals surface area contributed by atoms with E-state index in [1.165, 1.54) is 28.8 Å². The van der Waals surface area contributed by atoms with Crippen molar-refractivity contribution in [1.29, 1.82) is 0 Å². The van der Waals surface area contributed by atoms with Gasteiger partial charge in [-0.2, -0.15) is 0 Å². The number of nitrogens with zero attached hydrogens (tertiary/aromatic N) is 1. The van der Waals surface area contributed by atoms with E-state index in [4.69, 9.17) is 9.47 Å². The summed E-state index contributed by atoms with van der Waals surface area (Å²) in [5.74, 6) is 1.74. The van der Waals surface area contributed by atoms with Crippen molar-refractivity contribution >= 4 is 5.69 Å². The van der Waals surface area contributed by atoms with Crippen LogP contribution in [0.3, 0.4) is 0 Å². The third-order valence-corrected chi connectivity index (χ3v) is 6.31. The van der Waals surface area contributed by atoms with Crippen molar-refractivity contribution in [3.05, 3.63) is 89.5 Å². The number of rotatable bonds is 5. The van der Waals surface area contributed by atoms with E-state index in [2.05, 4.69) is 78.6 Å². The molecule has 0 fully saturated rings. The number of ether oxygens (including phenoxy) is 2.